The maximum Gasteiger partial charge on any atom is 0.312 e. The van der Waals surface area contributed by atoms with Crippen molar-refractivity contribution in [3.05, 3.63) is 63.7 Å². The summed E-state index contributed by atoms with van der Waals surface area (Å²) in [5.74, 6) is -0.532. The van der Waals surface area contributed by atoms with Crippen LogP contribution in [-0.4, -0.2) is 55.2 Å². The van der Waals surface area contributed by atoms with Crippen LogP contribution in [0, 0.1) is 17.0 Å². The Hall–Kier alpha value is -2.98. The number of benzene rings is 2. The van der Waals surface area contributed by atoms with Crippen molar-refractivity contribution < 1.29 is 22.9 Å². The van der Waals surface area contributed by atoms with Crippen molar-refractivity contribution in [1.82, 2.24) is 9.21 Å². The Bertz CT molecular complexity index is 1030. The second-order valence-electron chi connectivity index (χ2n) is 7.00. The minimum atomic E-state index is -3.86. The molecule has 2 aromatic carbocycles. The summed E-state index contributed by atoms with van der Waals surface area (Å²) in [6.45, 7) is 5.78. The van der Waals surface area contributed by atoms with Gasteiger partial charge in [-0.2, -0.15) is 4.31 Å². The average Bonchev–Trinajstić information content (AvgIpc) is 2.74. The zero-order valence-corrected chi connectivity index (χ0v) is 18.9. The van der Waals surface area contributed by atoms with E-state index in [0.717, 1.165) is 17.2 Å². The topological polar surface area (TPSA) is 110 Å². The third-order valence-corrected chi connectivity index (χ3v) is 6.83. The smallest absolute Gasteiger partial charge is 0.312 e. The number of sulfonamides is 1. The van der Waals surface area contributed by atoms with Crippen molar-refractivity contribution in [3.8, 4) is 5.75 Å². The van der Waals surface area contributed by atoms with Crippen LogP contribution in [0.1, 0.15) is 25.0 Å². The molecule has 168 valence electrons. The normalized spacial score (nSPS) is 11.4. The molecular weight excluding hydrogens is 422 g/mol. The number of ether oxygens (including phenoxy) is 1. The summed E-state index contributed by atoms with van der Waals surface area (Å²) in [5.41, 5.74) is 1.54. The number of rotatable bonds is 10. The van der Waals surface area contributed by atoms with E-state index in [4.69, 9.17) is 4.74 Å². The van der Waals surface area contributed by atoms with Gasteiger partial charge in [-0.05, 0) is 24.6 Å². The Morgan fingerprint density at radius 2 is 1.71 bits per heavy atom. The van der Waals surface area contributed by atoms with E-state index in [1.54, 1.807) is 20.9 Å². The van der Waals surface area contributed by atoms with Crippen molar-refractivity contribution in [3.63, 3.8) is 0 Å². The van der Waals surface area contributed by atoms with E-state index in [9.17, 15) is 23.3 Å². The lowest BCUT2D eigenvalue weighted by atomic mass is 10.1. The van der Waals surface area contributed by atoms with Gasteiger partial charge < -0.3 is 9.64 Å². The average molecular weight is 450 g/mol. The second-order valence-corrected chi connectivity index (χ2v) is 8.94. The predicted octanol–water partition coefficient (Wildman–Crippen LogP) is 2.97. The molecule has 2 aromatic rings. The first kappa shape index (κ1) is 24.3. The van der Waals surface area contributed by atoms with E-state index in [1.807, 2.05) is 31.2 Å². The van der Waals surface area contributed by atoms with Gasteiger partial charge in [-0.15, -0.1) is 0 Å². The Morgan fingerprint density at radius 1 is 1.10 bits per heavy atom. The van der Waals surface area contributed by atoms with E-state index in [2.05, 4.69) is 0 Å². The van der Waals surface area contributed by atoms with Gasteiger partial charge in [0.15, 0.2) is 12.4 Å². The molecule has 0 aliphatic carbocycles. The summed E-state index contributed by atoms with van der Waals surface area (Å²) in [6, 6.07) is 11.1. The van der Waals surface area contributed by atoms with Gasteiger partial charge in [-0.3, -0.25) is 14.9 Å². The van der Waals surface area contributed by atoms with Gasteiger partial charge in [0.25, 0.3) is 5.91 Å². The first-order valence-corrected chi connectivity index (χ1v) is 11.2. The van der Waals surface area contributed by atoms with Crippen molar-refractivity contribution >= 4 is 21.6 Å². The third-order valence-electron chi connectivity index (χ3n) is 4.79. The van der Waals surface area contributed by atoms with Gasteiger partial charge >= 0.3 is 5.69 Å². The Balaban J connectivity index is 2.14. The van der Waals surface area contributed by atoms with E-state index in [-0.39, 0.29) is 29.6 Å². The van der Waals surface area contributed by atoms with Gasteiger partial charge in [-0.25, -0.2) is 8.42 Å². The van der Waals surface area contributed by atoms with Crippen LogP contribution in [0.4, 0.5) is 5.69 Å². The summed E-state index contributed by atoms with van der Waals surface area (Å²) < 4.78 is 31.8. The fraction of sp³-hybridized carbons (Fsp3) is 0.381. The predicted molar refractivity (Wildman–Crippen MR) is 116 cm³/mol. The number of carbonyl (C=O) groups is 1. The van der Waals surface area contributed by atoms with E-state index < -0.39 is 27.2 Å². The minimum absolute atomic E-state index is 0.166. The number of likely N-dealkylation sites (N-methyl/N-ethyl adjacent to an activating group) is 1. The van der Waals surface area contributed by atoms with Crippen LogP contribution in [0.25, 0.3) is 0 Å². The number of carbonyl (C=O) groups excluding carboxylic acids is 1. The standard InChI is InChI=1S/C21H27N3O6S/c1-5-23(6-2)31(28,29)18-11-12-20(19(13-18)24(26)27)30-15-21(25)22(4)14-17-9-7-16(3)8-10-17/h7-13H,5-6,14-15H2,1-4H3. The van der Waals surface area contributed by atoms with Crippen LogP contribution in [0.3, 0.4) is 0 Å². The molecule has 0 bridgehead atoms. The van der Waals surface area contributed by atoms with Crippen LogP contribution in [-0.2, 0) is 21.4 Å². The molecule has 0 fully saturated rings. The number of hydrogen-bond acceptors (Lipinski definition) is 6. The molecule has 0 unspecified atom stereocenters. The SMILES string of the molecule is CCN(CC)S(=O)(=O)c1ccc(OCC(=O)N(C)Cc2ccc(C)cc2)c([N+](=O)[O-])c1. The highest BCUT2D eigenvalue weighted by atomic mass is 32.2. The molecule has 0 radical (unpaired) electrons. The van der Waals surface area contributed by atoms with Crippen molar-refractivity contribution in [1.29, 1.82) is 0 Å². The summed E-state index contributed by atoms with van der Waals surface area (Å²) in [6.07, 6.45) is 0. The highest BCUT2D eigenvalue weighted by molar-refractivity contribution is 7.89. The lowest BCUT2D eigenvalue weighted by Gasteiger charge is -2.19. The van der Waals surface area contributed by atoms with E-state index >= 15 is 0 Å². The number of nitrogens with zero attached hydrogens (tertiary/aromatic N) is 3. The van der Waals surface area contributed by atoms with Gasteiger partial charge in [-0.1, -0.05) is 43.7 Å². The van der Waals surface area contributed by atoms with Crippen LogP contribution in [0.2, 0.25) is 0 Å². The number of hydrogen-bond donors (Lipinski definition) is 0. The molecule has 10 heteroatoms. The zero-order valence-electron chi connectivity index (χ0n) is 18.1. The van der Waals surface area contributed by atoms with E-state index in [1.165, 1.54) is 21.3 Å². The summed E-state index contributed by atoms with van der Waals surface area (Å²) >= 11 is 0. The molecule has 1 amide bonds. The molecule has 0 heterocycles. The Labute approximate surface area is 182 Å². The maximum absolute atomic E-state index is 12.6. The molecule has 0 aromatic heterocycles. The molecule has 0 atom stereocenters. The fourth-order valence-corrected chi connectivity index (χ4v) is 4.42. The monoisotopic (exact) mass is 449 g/mol. The summed E-state index contributed by atoms with van der Waals surface area (Å²) in [4.78, 5) is 24.4. The van der Waals surface area contributed by atoms with Crippen LogP contribution in [0.15, 0.2) is 47.4 Å². The van der Waals surface area contributed by atoms with Crippen LogP contribution < -0.4 is 4.74 Å². The summed E-state index contributed by atoms with van der Waals surface area (Å²) in [5, 5.41) is 11.5. The van der Waals surface area contributed by atoms with Crippen molar-refractivity contribution in [2.75, 3.05) is 26.7 Å². The lowest BCUT2D eigenvalue weighted by molar-refractivity contribution is -0.386. The number of amides is 1. The van der Waals surface area contributed by atoms with Crippen LogP contribution >= 0.6 is 0 Å². The Kier molecular flexibility index (Phi) is 8.12. The minimum Gasteiger partial charge on any atom is -0.477 e. The highest BCUT2D eigenvalue weighted by Gasteiger charge is 2.26. The summed E-state index contributed by atoms with van der Waals surface area (Å²) in [7, 11) is -2.25. The van der Waals surface area contributed by atoms with Gasteiger partial charge in [0.1, 0.15) is 0 Å². The fourth-order valence-electron chi connectivity index (χ4n) is 2.94. The largest absolute Gasteiger partial charge is 0.477 e. The molecule has 2 rings (SSSR count). The Morgan fingerprint density at radius 3 is 2.26 bits per heavy atom. The number of nitro groups is 1. The van der Waals surface area contributed by atoms with Gasteiger partial charge in [0.2, 0.25) is 10.0 Å². The zero-order chi connectivity index (χ0) is 23.2. The van der Waals surface area contributed by atoms with Gasteiger partial charge in [0, 0.05) is 32.7 Å². The van der Waals surface area contributed by atoms with Crippen molar-refractivity contribution in [2.24, 2.45) is 0 Å². The quantitative estimate of drug-likeness (QED) is 0.407. The molecule has 0 saturated carbocycles. The van der Waals surface area contributed by atoms with Crippen molar-refractivity contribution in [2.45, 2.75) is 32.2 Å². The molecule has 0 aliphatic rings. The first-order chi connectivity index (χ1) is 14.6. The second kappa shape index (κ2) is 10.4. The van der Waals surface area contributed by atoms with Crippen LogP contribution in [0.5, 0.6) is 5.75 Å². The lowest BCUT2D eigenvalue weighted by Crippen LogP contribution is -2.31. The molecule has 31 heavy (non-hydrogen) atoms. The van der Waals surface area contributed by atoms with Gasteiger partial charge in [0.05, 0.1) is 9.82 Å². The number of aryl methyl sites for hydroxylation is 1. The number of nitro benzene ring substituents is 1. The molecule has 0 N–H and O–H groups in total. The molecule has 0 saturated heterocycles. The molecule has 9 nitrogen and oxygen atoms in total. The molecule has 0 spiro atoms. The maximum atomic E-state index is 12.6. The molecular formula is C21H27N3O6S. The highest BCUT2D eigenvalue weighted by Crippen LogP contribution is 2.31. The first-order valence-electron chi connectivity index (χ1n) is 9.81. The molecule has 0 aliphatic heterocycles. The van der Waals surface area contributed by atoms with E-state index in [0.29, 0.717) is 6.54 Å². The third kappa shape index (κ3) is 6.02.